The predicted octanol–water partition coefficient (Wildman–Crippen LogP) is 6.43. The minimum absolute atomic E-state index is 0.0372. The molecule has 0 unspecified atom stereocenters. The number of amides is 1. The minimum Gasteiger partial charge on any atom is -0.429 e. The normalized spacial score (nSPS) is 14.2. The van der Waals surface area contributed by atoms with Crippen molar-refractivity contribution in [3.8, 4) is 0 Å². The predicted molar refractivity (Wildman–Crippen MR) is 145 cm³/mol. The second kappa shape index (κ2) is 11.2. The van der Waals surface area contributed by atoms with Gasteiger partial charge in [0.2, 0.25) is 5.91 Å². The lowest BCUT2D eigenvalue weighted by atomic mass is 9.93. The first-order valence-corrected chi connectivity index (χ1v) is 12.7. The number of thiophene rings is 1. The number of hydrogen-bond donors (Lipinski definition) is 1. The van der Waals surface area contributed by atoms with Crippen molar-refractivity contribution in [1.29, 1.82) is 0 Å². The van der Waals surface area contributed by atoms with E-state index in [2.05, 4.69) is 6.58 Å². The van der Waals surface area contributed by atoms with E-state index in [0.717, 1.165) is 32.7 Å². The molecule has 0 atom stereocenters. The van der Waals surface area contributed by atoms with E-state index in [1.807, 2.05) is 85.1 Å². The largest absolute Gasteiger partial charge is 0.516 e. The molecule has 0 radical (unpaired) electrons. The van der Waals surface area contributed by atoms with Crippen molar-refractivity contribution in [3.05, 3.63) is 118 Å². The van der Waals surface area contributed by atoms with E-state index >= 15 is 0 Å². The Hall–Kier alpha value is -4.23. The number of primary amides is 1. The first kappa shape index (κ1) is 25.9. The van der Waals surface area contributed by atoms with Crippen LogP contribution in [-0.4, -0.2) is 18.0 Å². The number of nitrogens with two attached hydrogens (primary N) is 1. The molecule has 2 N–H and O–H groups in total. The Bertz CT molecular complexity index is 1380. The van der Waals surface area contributed by atoms with Crippen LogP contribution in [0.1, 0.15) is 51.7 Å². The molecule has 1 fully saturated rings. The van der Waals surface area contributed by atoms with E-state index in [1.54, 1.807) is 6.07 Å². The number of carbonyl (C=O) groups is 3. The van der Waals surface area contributed by atoms with Crippen LogP contribution in [0.3, 0.4) is 0 Å². The molecule has 0 bridgehead atoms. The topological polar surface area (TPSA) is 95.7 Å². The highest BCUT2D eigenvalue weighted by Crippen LogP contribution is 2.49. The summed E-state index contributed by atoms with van der Waals surface area (Å²) in [6, 6.07) is 18.4. The first-order valence-electron chi connectivity index (χ1n) is 11.8. The van der Waals surface area contributed by atoms with Crippen molar-refractivity contribution >= 4 is 40.5 Å². The van der Waals surface area contributed by atoms with E-state index in [-0.39, 0.29) is 6.61 Å². The van der Waals surface area contributed by atoms with E-state index < -0.39 is 23.4 Å². The maximum atomic E-state index is 12.8. The fraction of sp³-hybridized carbons (Fsp3) is 0.167. The molecule has 1 saturated carbocycles. The number of rotatable bonds is 9. The highest BCUT2D eigenvalue weighted by Gasteiger charge is 2.53. The lowest BCUT2D eigenvalue weighted by molar-refractivity contribution is -0.143. The van der Waals surface area contributed by atoms with Crippen LogP contribution in [0, 0.1) is 0 Å². The molecule has 188 valence electrons. The summed E-state index contributed by atoms with van der Waals surface area (Å²) in [5.41, 5.74) is 9.25. The lowest BCUT2D eigenvalue weighted by Crippen LogP contribution is -2.26. The van der Waals surface area contributed by atoms with Crippen molar-refractivity contribution in [1.82, 2.24) is 0 Å². The maximum absolute atomic E-state index is 12.8. The van der Waals surface area contributed by atoms with Crippen molar-refractivity contribution < 1.29 is 23.9 Å². The molecule has 3 aromatic rings. The number of benzene rings is 2. The second-order valence-electron chi connectivity index (χ2n) is 8.70. The highest BCUT2D eigenvalue weighted by atomic mass is 32.1. The summed E-state index contributed by atoms with van der Waals surface area (Å²) in [6.07, 6.45) is 5.89. The summed E-state index contributed by atoms with van der Waals surface area (Å²) in [6.45, 7) is 6.08. The molecule has 7 heteroatoms. The number of esters is 1. The zero-order valence-corrected chi connectivity index (χ0v) is 21.3. The Labute approximate surface area is 219 Å². The van der Waals surface area contributed by atoms with Gasteiger partial charge >= 0.3 is 12.1 Å². The number of allylic oxidation sites excluding steroid dienone is 5. The van der Waals surface area contributed by atoms with E-state index in [1.165, 1.54) is 11.3 Å². The zero-order chi connectivity index (χ0) is 26.4. The van der Waals surface area contributed by atoms with Crippen LogP contribution in [0.5, 0.6) is 0 Å². The molecule has 4 rings (SSSR count). The molecular weight excluding hydrogens is 486 g/mol. The van der Waals surface area contributed by atoms with Crippen LogP contribution < -0.4 is 5.73 Å². The van der Waals surface area contributed by atoms with Crippen molar-refractivity contribution in [2.24, 2.45) is 5.73 Å². The van der Waals surface area contributed by atoms with Crippen LogP contribution in [0.4, 0.5) is 4.79 Å². The van der Waals surface area contributed by atoms with Gasteiger partial charge in [0.15, 0.2) is 0 Å². The molecule has 37 heavy (non-hydrogen) atoms. The quantitative estimate of drug-likeness (QED) is 0.202. The third kappa shape index (κ3) is 5.95. The molecule has 0 aliphatic heterocycles. The van der Waals surface area contributed by atoms with Gasteiger partial charge in [-0.3, -0.25) is 9.59 Å². The SMILES string of the molecule is C=C(/C=C\C(=C/C)c1sccc1C(N)=O)c1ccc(C2(C(=O)OC(=O)OCc3ccccc3)CC2)cc1. The van der Waals surface area contributed by atoms with Crippen LogP contribution >= 0.6 is 11.3 Å². The van der Waals surface area contributed by atoms with E-state index in [4.69, 9.17) is 15.2 Å². The smallest absolute Gasteiger partial charge is 0.429 e. The van der Waals surface area contributed by atoms with Gasteiger partial charge < -0.3 is 15.2 Å². The summed E-state index contributed by atoms with van der Waals surface area (Å²) in [5.74, 6) is -1.06. The van der Waals surface area contributed by atoms with Crippen LogP contribution in [-0.2, 0) is 26.3 Å². The van der Waals surface area contributed by atoms with E-state index in [0.29, 0.717) is 18.4 Å². The van der Waals surface area contributed by atoms with Crippen molar-refractivity contribution in [2.75, 3.05) is 0 Å². The number of ether oxygens (including phenoxy) is 2. The summed E-state index contributed by atoms with van der Waals surface area (Å²) in [5, 5.41) is 1.84. The van der Waals surface area contributed by atoms with Gasteiger partial charge in [-0.2, -0.15) is 0 Å². The Balaban J connectivity index is 1.38. The number of carbonyl (C=O) groups excluding carboxylic acids is 3. The van der Waals surface area contributed by atoms with Gasteiger partial charge in [0.05, 0.1) is 11.0 Å². The van der Waals surface area contributed by atoms with Gasteiger partial charge in [0, 0.05) is 4.88 Å². The lowest BCUT2D eigenvalue weighted by Gasteiger charge is -2.14. The average molecular weight is 514 g/mol. The van der Waals surface area contributed by atoms with Crippen LogP contribution in [0.2, 0.25) is 0 Å². The molecule has 1 amide bonds. The zero-order valence-electron chi connectivity index (χ0n) is 20.4. The van der Waals surface area contributed by atoms with Gasteiger partial charge in [0.1, 0.15) is 6.61 Å². The molecule has 1 aliphatic carbocycles. The average Bonchev–Trinajstić information content (AvgIpc) is 3.58. The van der Waals surface area contributed by atoms with Crippen molar-refractivity contribution in [3.63, 3.8) is 0 Å². The molecule has 1 heterocycles. The first-order chi connectivity index (χ1) is 17.8. The highest BCUT2D eigenvalue weighted by molar-refractivity contribution is 7.11. The van der Waals surface area contributed by atoms with E-state index in [9.17, 15) is 14.4 Å². The Morgan fingerprint density at radius 2 is 1.73 bits per heavy atom. The molecule has 0 spiro atoms. The van der Waals surface area contributed by atoms with Crippen LogP contribution in [0.25, 0.3) is 11.1 Å². The Morgan fingerprint density at radius 1 is 1.03 bits per heavy atom. The van der Waals surface area contributed by atoms with Crippen molar-refractivity contribution in [2.45, 2.75) is 31.8 Å². The fourth-order valence-corrected chi connectivity index (χ4v) is 4.93. The third-order valence-electron chi connectivity index (χ3n) is 6.29. The molecular formula is C30H27NO5S. The standard InChI is InChI=1S/C30H27NO5S/c1-3-22(26-25(27(31)32)15-18-37-26)10-9-20(2)23-11-13-24(14-12-23)30(16-17-30)28(33)36-29(34)35-19-21-7-5-4-6-8-21/h3-15,18H,2,16-17,19H2,1H3,(H2,31,32)/b10-9-,22-3+. The molecule has 0 saturated heterocycles. The second-order valence-corrected chi connectivity index (χ2v) is 9.62. The van der Waals surface area contributed by atoms with Gasteiger partial charge in [-0.25, -0.2) is 4.79 Å². The van der Waals surface area contributed by atoms with Crippen LogP contribution in [0.15, 0.2) is 90.9 Å². The van der Waals surface area contributed by atoms with Gasteiger partial charge in [-0.05, 0) is 59.0 Å². The molecule has 6 nitrogen and oxygen atoms in total. The minimum atomic E-state index is -1.000. The molecule has 1 aliphatic rings. The number of hydrogen-bond acceptors (Lipinski definition) is 6. The summed E-state index contributed by atoms with van der Waals surface area (Å²) in [4.78, 5) is 37.3. The summed E-state index contributed by atoms with van der Waals surface area (Å²) in [7, 11) is 0. The monoisotopic (exact) mass is 513 g/mol. The van der Waals surface area contributed by atoms with Gasteiger partial charge in [0.25, 0.3) is 0 Å². The summed E-state index contributed by atoms with van der Waals surface area (Å²) < 4.78 is 10.1. The molecule has 2 aromatic carbocycles. The molecule has 1 aromatic heterocycles. The van der Waals surface area contributed by atoms with Gasteiger partial charge in [-0.15, -0.1) is 11.3 Å². The Kier molecular flexibility index (Phi) is 7.84. The third-order valence-corrected chi connectivity index (χ3v) is 7.26. The summed E-state index contributed by atoms with van der Waals surface area (Å²) >= 11 is 1.45. The fourth-order valence-electron chi connectivity index (χ4n) is 3.97. The van der Waals surface area contributed by atoms with Gasteiger partial charge in [-0.1, -0.05) is 79.4 Å². The Morgan fingerprint density at radius 3 is 2.35 bits per heavy atom. The maximum Gasteiger partial charge on any atom is 0.516 e.